The summed E-state index contributed by atoms with van der Waals surface area (Å²) in [5.74, 6) is -0.294. The predicted molar refractivity (Wildman–Crippen MR) is 45.4 cm³/mol. The van der Waals surface area contributed by atoms with E-state index >= 15 is 0 Å². The first-order chi connectivity index (χ1) is 6.27. The number of halogens is 1. The summed E-state index contributed by atoms with van der Waals surface area (Å²) >= 11 is 0. The maximum absolute atomic E-state index is 13.2. The highest BCUT2D eigenvalue weighted by Crippen LogP contribution is 2.17. The zero-order valence-electron chi connectivity index (χ0n) is 6.83. The molecule has 2 rings (SSSR count). The molecule has 0 fully saturated rings. The quantitative estimate of drug-likeness (QED) is 0.709. The van der Waals surface area contributed by atoms with E-state index in [4.69, 9.17) is 9.84 Å². The van der Waals surface area contributed by atoms with Crippen molar-refractivity contribution in [2.45, 2.75) is 0 Å². The number of aromatic hydroxyl groups is 1. The predicted octanol–water partition coefficient (Wildman–Crippen LogP) is 1.31. The minimum atomic E-state index is -0.513. The van der Waals surface area contributed by atoms with E-state index in [9.17, 15) is 4.39 Å². The number of nitrogens with zero attached hydrogens (tertiary/aromatic N) is 1. The Balaban J connectivity index is 2.40. The highest BCUT2D eigenvalue weighted by molar-refractivity contribution is 5.95. The van der Waals surface area contributed by atoms with E-state index in [1.54, 1.807) is 0 Å². The van der Waals surface area contributed by atoms with Crippen molar-refractivity contribution in [3.8, 4) is 5.75 Å². The van der Waals surface area contributed by atoms with Gasteiger partial charge in [0, 0.05) is 6.07 Å². The van der Waals surface area contributed by atoms with Crippen LogP contribution in [0.1, 0.15) is 5.56 Å². The van der Waals surface area contributed by atoms with Crippen LogP contribution in [0.4, 0.5) is 4.39 Å². The van der Waals surface area contributed by atoms with Crippen molar-refractivity contribution >= 4 is 5.90 Å². The third-order valence-corrected chi connectivity index (χ3v) is 1.77. The molecule has 1 aromatic rings. The molecule has 1 aromatic carbocycles. The zero-order valence-corrected chi connectivity index (χ0v) is 6.83. The lowest BCUT2D eigenvalue weighted by atomic mass is 10.2. The molecule has 0 spiro atoms. The van der Waals surface area contributed by atoms with Crippen molar-refractivity contribution in [2.24, 2.45) is 4.99 Å². The molecule has 1 N–H and O–H groups in total. The Morgan fingerprint density at radius 1 is 1.46 bits per heavy atom. The van der Waals surface area contributed by atoms with Gasteiger partial charge in [-0.2, -0.15) is 0 Å². The average molecular weight is 181 g/mol. The fourth-order valence-electron chi connectivity index (χ4n) is 1.18. The van der Waals surface area contributed by atoms with Gasteiger partial charge >= 0.3 is 0 Å². The molecule has 1 aliphatic heterocycles. The summed E-state index contributed by atoms with van der Waals surface area (Å²) in [4.78, 5) is 3.97. The smallest absolute Gasteiger partial charge is 0.219 e. The lowest BCUT2D eigenvalue weighted by Gasteiger charge is -2.02. The van der Waals surface area contributed by atoms with Crippen molar-refractivity contribution in [1.29, 1.82) is 0 Å². The highest BCUT2D eigenvalue weighted by atomic mass is 19.1. The molecule has 1 aliphatic rings. The molecular weight excluding hydrogens is 173 g/mol. The standard InChI is InChI=1S/C9H8FNO2/c10-8-5-6(12)1-2-7(8)9-11-3-4-13-9/h1-2,5,12H,3-4H2. The number of aliphatic imine (C=N–C) groups is 1. The third-order valence-electron chi connectivity index (χ3n) is 1.77. The minimum absolute atomic E-state index is 0.0974. The summed E-state index contributed by atoms with van der Waals surface area (Å²) in [7, 11) is 0. The van der Waals surface area contributed by atoms with Gasteiger partial charge in [-0.3, -0.25) is 0 Å². The van der Waals surface area contributed by atoms with Crippen LogP contribution < -0.4 is 0 Å². The Bertz CT molecular complexity index is 363. The fraction of sp³-hybridized carbons (Fsp3) is 0.222. The Morgan fingerprint density at radius 2 is 2.31 bits per heavy atom. The van der Waals surface area contributed by atoms with Crippen LogP contribution in [0.25, 0.3) is 0 Å². The van der Waals surface area contributed by atoms with Gasteiger partial charge in [0.2, 0.25) is 5.90 Å². The second-order valence-electron chi connectivity index (χ2n) is 2.70. The van der Waals surface area contributed by atoms with Gasteiger partial charge in [-0.25, -0.2) is 9.38 Å². The monoisotopic (exact) mass is 181 g/mol. The fourth-order valence-corrected chi connectivity index (χ4v) is 1.18. The molecule has 0 bridgehead atoms. The van der Waals surface area contributed by atoms with E-state index in [0.29, 0.717) is 24.6 Å². The molecule has 3 nitrogen and oxygen atoms in total. The van der Waals surface area contributed by atoms with Crippen LogP contribution in [0.15, 0.2) is 23.2 Å². The Morgan fingerprint density at radius 3 is 2.92 bits per heavy atom. The summed E-state index contributed by atoms with van der Waals surface area (Å²) in [6, 6.07) is 3.90. The van der Waals surface area contributed by atoms with E-state index < -0.39 is 5.82 Å². The maximum atomic E-state index is 13.2. The molecule has 0 unspecified atom stereocenters. The minimum Gasteiger partial charge on any atom is -0.508 e. The number of hydrogen-bond acceptors (Lipinski definition) is 3. The maximum Gasteiger partial charge on any atom is 0.219 e. The van der Waals surface area contributed by atoms with Crippen LogP contribution in [-0.4, -0.2) is 24.2 Å². The SMILES string of the molecule is Oc1ccc(C2=NCCO2)c(F)c1. The van der Waals surface area contributed by atoms with Crippen molar-refractivity contribution in [3.63, 3.8) is 0 Å². The first kappa shape index (κ1) is 8.04. The van der Waals surface area contributed by atoms with Crippen molar-refractivity contribution in [3.05, 3.63) is 29.6 Å². The molecule has 0 aliphatic carbocycles. The van der Waals surface area contributed by atoms with Gasteiger partial charge in [0.15, 0.2) is 0 Å². The summed E-state index contributed by atoms with van der Waals surface area (Å²) < 4.78 is 18.3. The number of phenols is 1. The molecule has 4 heteroatoms. The normalized spacial score (nSPS) is 15.3. The lowest BCUT2D eigenvalue weighted by molar-refractivity contribution is 0.347. The number of rotatable bonds is 1. The van der Waals surface area contributed by atoms with Gasteiger partial charge in [-0.05, 0) is 12.1 Å². The molecule has 68 valence electrons. The Labute approximate surface area is 74.5 Å². The molecule has 0 radical (unpaired) electrons. The zero-order chi connectivity index (χ0) is 9.26. The summed E-state index contributed by atoms with van der Waals surface area (Å²) in [6.45, 7) is 1.06. The van der Waals surface area contributed by atoms with E-state index in [0.717, 1.165) is 6.07 Å². The first-order valence-corrected chi connectivity index (χ1v) is 3.93. The topological polar surface area (TPSA) is 41.8 Å². The lowest BCUT2D eigenvalue weighted by Crippen LogP contribution is -2.03. The summed E-state index contributed by atoms with van der Waals surface area (Å²) in [5, 5.41) is 8.96. The summed E-state index contributed by atoms with van der Waals surface area (Å²) in [6.07, 6.45) is 0. The van der Waals surface area contributed by atoms with Crippen molar-refractivity contribution in [2.75, 3.05) is 13.2 Å². The Hall–Kier alpha value is -1.58. The van der Waals surface area contributed by atoms with Gasteiger partial charge in [0.1, 0.15) is 18.2 Å². The second-order valence-corrected chi connectivity index (χ2v) is 2.70. The average Bonchev–Trinajstić information content (AvgIpc) is 2.56. The number of benzene rings is 1. The highest BCUT2D eigenvalue weighted by Gasteiger charge is 2.14. The second kappa shape index (κ2) is 3.05. The summed E-state index contributed by atoms with van der Waals surface area (Å²) in [5.41, 5.74) is 0.301. The van der Waals surface area contributed by atoms with Crippen LogP contribution in [0.3, 0.4) is 0 Å². The molecular formula is C9H8FNO2. The van der Waals surface area contributed by atoms with E-state index in [1.165, 1.54) is 12.1 Å². The van der Waals surface area contributed by atoms with E-state index in [2.05, 4.69) is 4.99 Å². The number of ether oxygens (including phenoxy) is 1. The van der Waals surface area contributed by atoms with E-state index in [1.807, 2.05) is 0 Å². The van der Waals surface area contributed by atoms with Gasteiger partial charge in [-0.1, -0.05) is 0 Å². The van der Waals surface area contributed by atoms with Crippen LogP contribution in [0.2, 0.25) is 0 Å². The Kier molecular flexibility index (Phi) is 1.88. The molecule has 0 saturated heterocycles. The van der Waals surface area contributed by atoms with E-state index in [-0.39, 0.29) is 5.75 Å². The molecule has 1 heterocycles. The van der Waals surface area contributed by atoms with Gasteiger partial charge in [0.25, 0.3) is 0 Å². The first-order valence-electron chi connectivity index (χ1n) is 3.93. The van der Waals surface area contributed by atoms with Crippen LogP contribution in [0, 0.1) is 5.82 Å². The van der Waals surface area contributed by atoms with Gasteiger partial charge in [0.05, 0.1) is 12.1 Å². The molecule has 13 heavy (non-hydrogen) atoms. The van der Waals surface area contributed by atoms with Crippen LogP contribution in [-0.2, 0) is 4.74 Å². The third kappa shape index (κ3) is 1.47. The number of phenolic OH excluding ortho intramolecular Hbond substituents is 1. The van der Waals surface area contributed by atoms with Crippen molar-refractivity contribution < 1.29 is 14.2 Å². The van der Waals surface area contributed by atoms with Crippen LogP contribution >= 0.6 is 0 Å². The largest absolute Gasteiger partial charge is 0.508 e. The van der Waals surface area contributed by atoms with Crippen LogP contribution in [0.5, 0.6) is 5.75 Å². The van der Waals surface area contributed by atoms with Gasteiger partial charge < -0.3 is 9.84 Å². The molecule has 0 saturated carbocycles. The number of hydrogen-bond donors (Lipinski definition) is 1. The molecule has 0 amide bonds. The van der Waals surface area contributed by atoms with Crippen molar-refractivity contribution in [1.82, 2.24) is 0 Å². The molecule has 0 atom stereocenters. The molecule has 0 aromatic heterocycles. The van der Waals surface area contributed by atoms with Gasteiger partial charge in [-0.15, -0.1) is 0 Å².